The molecule has 2 amide bonds. The number of benzene rings is 2. The summed E-state index contributed by atoms with van der Waals surface area (Å²) in [6.07, 6.45) is 1.69. The fraction of sp³-hybridized carbons (Fsp3) is 0.500. The quantitative estimate of drug-likeness (QED) is 0.576. The molecule has 2 unspecified atom stereocenters. The van der Waals surface area contributed by atoms with Crippen LogP contribution < -0.4 is 10.1 Å². The average Bonchev–Trinajstić information content (AvgIpc) is 2.78. The summed E-state index contributed by atoms with van der Waals surface area (Å²) in [7, 11) is 0. The predicted octanol–water partition coefficient (Wildman–Crippen LogP) is 5.14. The van der Waals surface area contributed by atoms with Crippen molar-refractivity contribution in [3.8, 4) is 5.75 Å². The van der Waals surface area contributed by atoms with E-state index >= 15 is 0 Å². The molecule has 5 nitrogen and oxygen atoms in total. The molecule has 2 aromatic rings. The predicted molar refractivity (Wildman–Crippen MR) is 132 cm³/mol. The molecule has 0 saturated heterocycles. The second kappa shape index (κ2) is 11.4. The van der Waals surface area contributed by atoms with Crippen LogP contribution in [-0.4, -0.2) is 35.9 Å². The Hall–Kier alpha value is -2.82. The lowest BCUT2D eigenvalue weighted by molar-refractivity contribution is -0.134. The van der Waals surface area contributed by atoms with Crippen molar-refractivity contribution in [3.63, 3.8) is 0 Å². The van der Waals surface area contributed by atoms with E-state index in [1.54, 1.807) is 6.92 Å². The molecule has 1 aliphatic rings. The third-order valence-corrected chi connectivity index (χ3v) is 6.07. The zero-order valence-corrected chi connectivity index (χ0v) is 20.6. The van der Waals surface area contributed by atoms with Gasteiger partial charge in [0.15, 0.2) is 6.10 Å². The van der Waals surface area contributed by atoms with Crippen molar-refractivity contribution in [2.75, 3.05) is 13.1 Å². The van der Waals surface area contributed by atoms with Gasteiger partial charge in [-0.25, -0.2) is 0 Å². The number of nitrogens with zero attached hydrogens (tertiary/aromatic N) is 1. The molecule has 0 spiro atoms. The lowest BCUT2D eigenvalue weighted by Gasteiger charge is -2.38. The van der Waals surface area contributed by atoms with Gasteiger partial charge < -0.3 is 15.0 Å². The smallest absolute Gasteiger partial charge is 0.260 e. The van der Waals surface area contributed by atoms with Crippen LogP contribution in [0.3, 0.4) is 0 Å². The van der Waals surface area contributed by atoms with Gasteiger partial charge in [-0.15, -0.1) is 0 Å². The van der Waals surface area contributed by atoms with E-state index in [2.05, 4.69) is 51.2 Å². The van der Waals surface area contributed by atoms with E-state index in [4.69, 9.17) is 4.74 Å². The second-order valence-electron chi connectivity index (χ2n) is 9.84. The third-order valence-electron chi connectivity index (χ3n) is 6.07. The van der Waals surface area contributed by atoms with Gasteiger partial charge in [0, 0.05) is 19.5 Å². The number of amides is 2. The molecule has 5 heteroatoms. The minimum absolute atomic E-state index is 0.110. The van der Waals surface area contributed by atoms with E-state index in [1.165, 1.54) is 5.56 Å². The van der Waals surface area contributed by atoms with Gasteiger partial charge in [0.1, 0.15) is 5.75 Å². The van der Waals surface area contributed by atoms with Crippen molar-refractivity contribution in [1.82, 2.24) is 10.2 Å². The number of rotatable bonds is 9. The monoisotopic (exact) mass is 450 g/mol. The number of fused-ring (bicyclic) bond motifs is 1. The molecule has 0 bridgehead atoms. The molecule has 3 rings (SSSR count). The first-order valence-electron chi connectivity index (χ1n) is 12.2. The van der Waals surface area contributed by atoms with E-state index in [0.717, 1.165) is 24.0 Å². The number of carbonyl (C=O) groups is 2. The molecule has 0 radical (unpaired) electrons. The Morgan fingerprint density at radius 3 is 2.42 bits per heavy atom. The summed E-state index contributed by atoms with van der Waals surface area (Å²) in [6.45, 7) is 11.6. The molecule has 0 fully saturated rings. The highest BCUT2D eigenvalue weighted by Gasteiger charge is 2.32. The molecule has 1 N–H and O–H groups in total. The first-order valence-corrected chi connectivity index (χ1v) is 12.2. The highest BCUT2D eigenvalue weighted by molar-refractivity contribution is 5.80. The van der Waals surface area contributed by atoms with Crippen LogP contribution >= 0.6 is 0 Å². The second-order valence-corrected chi connectivity index (χ2v) is 9.84. The number of carbonyl (C=O) groups excluding carboxylic acids is 2. The van der Waals surface area contributed by atoms with Crippen LogP contribution in [0.2, 0.25) is 0 Å². The molecule has 0 saturated carbocycles. The third kappa shape index (κ3) is 6.59. The lowest BCUT2D eigenvalue weighted by atomic mass is 9.87. The van der Waals surface area contributed by atoms with Crippen LogP contribution in [0.1, 0.15) is 70.2 Å². The van der Waals surface area contributed by atoms with Crippen molar-refractivity contribution in [3.05, 3.63) is 65.2 Å². The Labute approximate surface area is 198 Å². The van der Waals surface area contributed by atoms with E-state index < -0.39 is 6.10 Å². The highest BCUT2D eigenvalue weighted by atomic mass is 16.5. The standard InChI is InChI=1S/C28H38N2O3/c1-19(2)13-15-29-28(32)21(5)33-24-12-11-22-14-16-30(26(31)17-20(3)4)27(25(22)18-24)23-9-7-6-8-10-23/h6-12,18-21,27H,13-17H2,1-5H3,(H,29,32). The van der Waals surface area contributed by atoms with Crippen molar-refractivity contribution in [2.24, 2.45) is 11.8 Å². The Bertz CT molecular complexity index is 939. The molecule has 1 heterocycles. The van der Waals surface area contributed by atoms with Crippen molar-refractivity contribution in [2.45, 2.75) is 66.0 Å². The SMILES string of the molecule is CC(C)CCNC(=O)C(C)Oc1ccc2c(c1)C(c1ccccc1)N(C(=O)CC(C)C)CC2. The molecule has 2 aromatic carbocycles. The van der Waals surface area contributed by atoms with Gasteiger partial charge in [0.25, 0.3) is 5.91 Å². The maximum atomic E-state index is 13.1. The average molecular weight is 451 g/mol. The first-order chi connectivity index (χ1) is 15.8. The zero-order chi connectivity index (χ0) is 24.0. The van der Waals surface area contributed by atoms with Gasteiger partial charge in [0.05, 0.1) is 6.04 Å². The van der Waals surface area contributed by atoms with Crippen LogP contribution in [-0.2, 0) is 16.0 Å². The van der Waals surface area contributed by atoms with Crippen LogP contribution in [0.25, 0.3) is 0 Å². The van der Waals surface area contributed by atoms with Crippen LogP contribution in [0, 0.1) is 11.8 Å². The van der Waals surface area contributed by atoms with Crippen LogP contribution in [0.4, 0.5) is 0 Å². The van der Waals surface area contributed by atoms with Gasteiger partial charge >= 0.3 is 0 Å². The number of hydrogen-bond donors (Lipinski definition) is 1. The Morgan fingerprint density at radius 1 is 1.03 bits per heavy atom. The lowest BCUT2D eigenvalue weighted by Crippen LogP contribution is -2.41. The fourth-order valence-electron chi connectivity index (χ4n) is 4.28. The molecule has 178 valence electrons. The summed E-state index contributed by atoms with van der Waals surface area (Å²) in [5, 5.41) is 2.95. The van der Waals surface area contributed by atoms with Crippen LogP contribution in [0.5, 0.6) is 5.75 Å². The topological polar surface area (TPSA) is 58.6 Å². The van der Waals surface area contributed by atoms with Crippen molar-refractivity contribution >= 4 is 11.8 Å². The Balaban J connectivity index is 1.84. The van der Waals surface area contributed by atoms with Gasteiger partial charge in [-0.1, -0.05) is 64.1 Å². The summed E-state index contributed by atoms with van der Waals surface area (Å²) < 4.78 is 6.03. The highest BCUT2D eigenvalue weighted by Crippen LogP contribution is 2.37. The summed E-state index contributed by atoms with van der Waals surface area (Å²) in [4.78, 5) is 27.6. The maximum absolute atomic E-state index is 13.1. The minimum Gasteiger partial charge on any atom is -0.481 e. The Morgan fingerprint density at radius 2 is 1.76 bits per heavy atom. The fourth-order valence-corrected chi connectivity index (χ4v) is 4.28. The van der Waals surface area contributed by atoms with E-state index in [0.29, 0.717) is 37.1 Å². The largest absolute Gasteiger partial charge is 0.481 e. The summed E-state index contributed by atoms with van der Waals surface area (Å²) in [5.41, 5.74) is 3.39. The Kier molecular flexibility index (Phi) is 8.54. The summed E-state index contributed by atoms with van der Waals surface area (Å²) in [5.74, 6) is 1.56. The maximum Gasteiger partial charge on any atom is 0.260 e. The van der Waals surface area contributed by atoms with Gasteiger partial charge in [0.2, 0.25) is 5.91 Å². The molecular weight excluding hydrogens is 412 g/mol. The van der Waals surface area contributed by atoms with Gasteiger partial charge in [-0.3, -0.25) is 9.59 Å². The molecule has 0 aliphatic carbocycles. The molecule has 2 atom stereocenters. The number of ether oxygens (including phenoxy) is 1. The first kappa shape index (κ1) is 24.8. The summed E-state index contributed by atoms with van der Waals surface area (Å²) >= 11 is 0. The molecule has 0 aromatic heterocycles. The summed E-state index contributed by atoms with van der Waals surface area (Å²) in [6, 6.07) is 16.0. The molecule has 1 aliphatic heterocycles. The number of nitrogens with one attached hydrogen (secondary N) is 1. The zero-order valence-electron chi connectivity index (χ0n) is 20.6. The van der Waals surface area contributed by atoms with E-state index in [9.17, 15) is 9.59 Å². The van der Waals surface area contributed by atoms with Gasteiger partial charge in [-0.05, 0) is 60.4 Å². The van der Waals surface area contributed by atoms with Crippen molar-refractivity contribution in [1.29, 1.82) is 0 Å². The normalized spacial score (nSPS) is 16.5. The van der Waals surface area contributed by atoms with Crippen LogP contribution in [0.15, 0.2) is 48.5 Å². The van der Waals surface area contributed by atoms with Gasteiger partial charge in [-0.2, -0.15) is 0 Å². The van der Waals surface area contributed by atoms with E-state index in [1.807, 2.05) is 35.2 Å². The minimum atomic E-state index is -0.590. The van der Waals surface area contributed by atoms with E-state index in [-0.39, 0.29) is 17.9 Å². The molecular formula is C28H38N2O3. The van der Waals surface area contributed by atoms with Crippen molar-refractivity contribution < 1.29 is 14.3 Å². The number of hydrogen-bond acceptors (Lipinski definition) is 3. The molecule has 33 heavy (non-hydrogen) atoms.